The lowest BCUT2D eigenvalue weighted by Gasteiger charge is -2.05. The van der Waals surface area contributed by atoms with Crippen molar-refractivity contribution in [1.82, 2.24) is 4.98 Å². The molecule has 0 aliphatic carbocycles. The van der Waals surface area contributed by atoms with Gasteiger partial charge in [0.15, 0.2) is 0 Å². The van der Waals surface area contributed by atoms with Gasteiger partial charge in [-0.1, -0.05) is 50.2 Å². The van der Waals surface area contributed by atoms with Crippen molar-refractivity contribution in [2.24, 2.45) is 0 Å². The van der Waals surface area contributed by atoms with E-state index < -0.39 is 5.97 Å². The zero-order valence-electron chi connectivity index (χ0n) is 16.2. The number of rotatable bonds is 7. The molecule has 3 rings (SSSR count). The fourth-order valence-corrected chi connectivity index (χ4v) is 3.43. The number of hydrogen-bond acceptors (Lipinski definition) is 5. The molecule has 0 aliphatic rings. The van der Waals surface area contributed by atoms with Crippen LogP contribution in [0.5, 0.6) is 5.75 Å². The lowest BCUT2D eigenvalue weighted by molar-refractivity contribution is -0.139. The number of carbonyl (C=O) groups is 1. The van der Waals surface area contributed by atoms with E-state index in [1.54, 1.807) is 24.5 Å². The van der Waals surface area contributed by atoms with Crippen molar-refractivity contribution >= 4 is 23.4 Å². The molecule has 4 nitrogen and oxygen atoms in total. The van der Waals surface area contributed by atoms with Gasteiger partial charge in [0.1, 0.15) is 17.4 Å². The van der Waals surface area contributed by atoms with Crippen LogP contribution in [0.4, 0.5) is 0 Å². The van der Waals surface area contributed by atoms with Gasteiger partial charge in [-0.3, -0.25) is 0 Å². The Hall–Kier alpha value is -2.92. The number of hydrogen-bond donors (Lipinski definition) is 0. The van der Waals surface area contributed by atoms with E-state index >= 15 is 0 Å². The Morgan fingerprint density at radius 2 is 1.96 bits per heavy atom. The summed E-state index contributed by atoms with van der Waals surface area (Å²) in [6, 6.07) is 15.9. The molecule has 1 heterocycles. The Morgan fingerprint density at radius 1 is 1.18 bits per heavy atom. The van der Waals surface area contributed by atoms with Crippen LogP contribution in [0.15, 0.2) is 60.0 Å². The largest absolute Gasteiger partial charge is 0.497 e. The SMILES string of the molecule is COc1cccc(/C=C/C(=O)OCc2csc(-c3ccc(C(C)C)cc3)n2)c1. The number of thiazole rings is 1. The first kappa shape index (κ1) is 19.8. The highest BCUT2D eigenvalue weighted by Gasteiger charge is 2.07. The van der Waals surface area contributed by atoms with Crippen molar-refractivity contribution in [3.63, 3.8) is 0 Å². The molecule has 5 heteroatoms. The fraction of sp³-hybridized carbons (Fsp3) is 0.217. The van der Waals surface area contributed by atoms with Crippen molar-refractivity contribution < 1.29 is 14.3 Å². The second-order valence-corrected chi connectivity index (χ2v) is 7.50. The third kappa shape index (κ3) is 5.30. The van der Waals surface area contributed by atoms with E-state index in [1.165, 1.54) is 11.6 Å². The minimum Gasteiger partial charge on any atom is -0.497 e. The van der Waals surface area contributed by atoms with Gasteiger partial charge in [-0.15, -0.1) is 11.3 Å². The number of esters is 1. The van der Waals surface area contributed by atoms with Crippen molar-refractivity contribution in [3.05, 3.63) is 76.8 Å². The molecule has 0 amide bonds. The lowest BCUT2D eigenvalue weighted by atomic mass is 10.0. The first-order valence-corrected chi connectivity index (χ1v) is 9.97. The summed E-state index contributed by atoms with van der Waals surface area (Å²) in [5, 5.41) is 2.85. The molecule has 0 fully saturated rings. The van der Waals surface area contributed by atoms with E-state index in [1.807, 2.05) is 29.6 Å². The Kier molecular flexibility index (Phi) is 6.61. The second kappa shape index (κ2) is 9.33. The molecule has 3 aromatic rings. The maximum Gasteiger partial charge on any atom is 0.331 e. The van der Waals surface area contributed by atoms with Crippen LogP contribution in [-0.4, -0.2) is 18.1 Å². The van der Waals surface area contributed by atoms with Crippen LogP contribution in [-0.2, 0) is 16.1 Å². The molecule has 0 spiro atoms. The summed E-state index contributed by atoms with van der Waals surface area (Å²) in [4.78, 5) is 16.5. The third-order valence-electron chi connectivity index (χ3n) is 4.24. The monoisotopic (exact) mass is 393 g/mol. The molecule has 0 saturated heterocycles. The van der Waals surface area contributed by atoms with Gasteiger partial charge in [0, 0.05) is 17.0 Å². The maximum atomic E-state index is 12.0. The van der Waals surface area contributed by atoms with Crippen LogP contribution in [0.3, 0.4) is 0 Å². The topological polar surface area (TPSA) is 48.4 Å². The zero-order chi connectivity index (χ0) is 19.9. The van der Waals surface area contributed by atoms with Crippen molar-refractivity contribution in [2.45, 2.75) is 26.4 Å². The number of nitrogens with zero attached hydrogens (tertiary/aromatic N) is 1. The second-order valence-electron chi connectivity index (χ2n) is 6.64. The summed E-state index contributed by atoms with van der Waals surface area (Å²) in [5.41, 5.74) is 4.00. The van der Waals surface area contributed by atoms with Crippen molar-refractivity contribution in [1.29, 1.82) is 0 Å². The summed E-state index contributed by atoms with van der Waals surface area (Å²) in [5.74, 6) is 0.843. The van der Waals surface area contributed by atoms with Gasteiger partial charge >= 0.3 is 5.97 Å². The smallest absolute Gasteiger partial charge is 0.331 e. The molecule has 0 bridgehead atoms. The number of benzene rings is 2. The first-order chi connectivity index (χ1) is 13.5. The molecule has 0 N–H and O–H groups in total. The van der Waals surface area contributed by atoms with Crippen LogP contribution >= 0.6 is 11.3 Å². The quantitative estimate of drug-likeness (QED) is 0.382. The van der Waals surface area contributed by atoms with Gasteiger partial charge in [-0.25, -0.2) is 9.78 Å². The Bertz CT molecular complexity index is 958. The molecule has 144 valence electrons. The summed E-state index contributed by atoms with van der Waals surface area (Å²) in [7, 11) is 1.61. The van der Waals surface area contributed by atoms with E-state index in [0.717, 1.165) is 27.6 Å². The van der Waals surface area contributed by atoms with E-state index in [4.69, 9.17) is 9.47 Å². The van der Waals surface area contributed by atoms with Crippen molar-refractivity contribution in [3.8, 4) is 16.3 Å². The molecule has 0 aliphatic heterocycles. The van der Waals surface area contributed by atoms with E-state index in [-0.39, 0.29) is 6.61 Å². The molecule has 2 aromatic carbocycles. The molecular formula is C23H23NO3S. The minimum atomic E-state index is -0.404. The predicted octanol–water partition coefficient (Wildman–Crippen LogP) is 5.70. The van der Waals surface area contributed by atoms with Gasteiger partial charge in [-0.05, 0) is 35.3 Å². The number of carbonyl (C=O) groups excluding carboxylic acids is 1. The van der Waals surface area contributed by atoms with Gasteiger partial charge in [-0.2, -0.15) is 0 Å². The van der Waals surface area contributed by atoms with Crippen LogP contribution in [0.2, 0.25) is 0 Å². The van der Waals surface area contributed by atoms with Crippen LogP contribution in [0, 0.1) is 0 Å². The highest BCUT2D eigenvalue weighted by atomic mass is 32.1. The van der Waals surface area contributed by atoms with Gasteiger partial charge < -0.3 is 9.47 Å². The lowest BCUT2D eigenvalue weighted by Crippen LogP contribution is -2.01. The minimum absolute atomic E-state index is 0.155. The summed E-state index contributed by atoms with van der Waals surface area (Å²) >= 11 is 1.55. The number of ether oxygens (including phenoxy) is 2. The standard InChI is InChI=1S/C23H23NO3S/c1-16(2)18-8-10-19(11-9-18)23-24-20(15-28-23)14-27-22(25)12-7-17-5-4-6-21(13-17)26-3/h4-13,15-16H,14H2,1-3H3/b12-7+. The highest BCUT2D eigenvalue weighted by molar-refractivity contribution is 7.13. The van der Waals surface area contributed by atoms with Crippen LogP contribution in [0.1, 0.15) is 36.6 Å². The highest BCUT2D eigenvalue weighted by Crippen LogP contribution is 2.26. The summed E-state index contributed by atoms with van der Waals surface area (Å²) in [6.07, 6.45) is 3.11. The molecule has 0 unspecified atom stereocenters. The molecule has 0 atom stereocenters. The van der Waals surface area contributed by atoms with Crippen LogP contribution in [0.25, 0.3) is 16.6 Å². The Morgan fingerprint density at radius 3 is 2.68 bits per heavy atom. The average Bonchev–Trinajstić information content (AvgIpc) is 3.20. The first-order valence-electron chi connectivity index (χ1n) is 9.09. The normalized spacial score (nSPS) is 11.1. The summed E-state index contributed by atoms with van der Waals surface area (Å²) < 4.78 is 10.5. The zero-order valence-corrected chi connectivity index (χ0v) is 17.0. The number of methoxy groups -OCH3 is 1. The third-order valence-corrected chi connectivity index (χ3v) is 5.18. The summed E-state index contributed by atoms with van der Waals surface area (Å²) in [6.45, 7) is 4.50. The van der Waals surface area contributed by atoms with Crippen molar-refractivity contribution in [2.75, 3.05) is 7.11 Å². The Balaban J connectivity index is 1.56. The molecule has 0 saturated carbocycles. The predicted molar refractivity (Wildman–Crippen MR) is 113 cm³/mol. The molecular weight excluding hydrogens is 370 g/mol. The van der Waals surface area contributed by atoms with Gasteiger partial charge in [0.2, 0.25) is 0 Å². The molecule has 0 radical (unpaired) electrons. The number of aromatic nitrogens is 1. The fourth-order valence-electron chi connectivity index (χ4n) is 2.62. The molecule has 1 aromatic heterocycles. The maximum absolute atomic E-state index is 12.0. The van der Waals surface area contributed by atoms with E-state index in [9.17, 15) is 4.79 Å². The Labute approximate surface area is 169 Å². The van der Waals surface area contributed by atoms with E-state index in [2.05, 4.69) is 43.1 Å². The van der Waals surface area contributed by atoms with E-state index in [0.29, 0.717) is 5.92 Å². The molecule has 28 heavy (non-hydrogen) atoms. The average molecular weight is 394 g/mol. The van der Waals surface area contributed by atoms with Crippen LogP contribution < -0.4 is 4.74 Å². The van der Waals surface area contributed by atoms with Gasteiger partial charge in [0.05, 0.1) is 12.8 Å². The van der Waals surface area contributed by atoms with Gasteiger partial charge in [0.25, 0.3) is 0 Å².